The first-order chi connectivity index (χ1) is 12.5. The van der Waals surface area contributed by atoms with Gasteiger partial charge in [0.1, 0.15) is 0 Å². The lowest BCUT2D eigenvalue weighted by Crippen LogP contribution is -2.49. The molecule has 2 aromatic rings. The molecule has 2 aliphatic rings. The fourth-order valence-electron chi connectivity index (χ4n) is 4.26. The Hall–Kier alpha value is -1.98. The molecule has 0 fully saturated rings. The van der Waals surface area contributed by atoms with Crippen LogP contribution in [0.3, 0.4) is 0 Å². The number of nitrogens with zero attached hydrogens (tertiary/aromatic N) is 1. The predicted octanol–water partition coefficient (Wildman–Crippen LogP) is 3.84. The van der Waals surface area contributed by atoms with Gasteiger partial charge in [-0.1, -0.05) is 47.1 Å². The number of aryl methyl sites for hydroxylation is 1. The van der Waals surface area contributed by atoms with Crippen LogP contribution in [0.4, 0.5) is 5.69 Å². The normalized spacial score (nSPS) is 24.6. The van der Waals surface area contributed by atoms with Crippen molar-refractivity contribution in [2.45, 2.75) is 31.8 Å². The average molecular weight is 414 g/mol. The smallest absolute Gasteiger partial charge is 0.264 e. The van der Waals surface area contributed by atoms with Crippen LogP contribution in [0.25, 0.3) is 0 Å². The lowest BCUT2D eigenvalue weighted by molar-refractivity contribution is -0.140. The molecule has 1 N–H and O–H groups in total. The van der Waals surface area contributed by atoms with Gasteiger partial charge >= 0.3 is 0 Å². The number of anilines is 1. The highest BCUT2D eigenvalue weighted by Crippen LogP contribution is 2.49. The monoisotopic (exact) mass is 413 g/mol. The van der Waals surface area contributed by atoms with E-state index in [4.69, 9.17) is 0 Å². The van der Waals surface area contributed by atoms with E-state index in [0.29, 0.717) is 36.2 Å². The summed E-state index contributed by atoms with van der Waals surface area (Å²) in [5, 5.41) is 11.6. The standard InChI is InChI=1S/C21H20BrNO3/c1-2-11-23-18-10-8-14(22)12-17(18)21(26,20(23)25)16-9-7-13-5-3-4-6-15(13)19(16)24/h3-6,8,10,12,16,26H,2,7,9,11H2,1H3/t16-,21+/m0/s1. The molecule has 4 nitrogen and oxygen atoms in total. The number of Topliss-reactive ketones (excluding diaryl/α,β-unsaturated/α-hetero) is 1. The molecule has 2 aromatic carbocycles. The topological polar surface area (TPSA) is 57.6 Å². The summed E-state index contributed by atoms with van der Waals surface area (Å²) in [5.41, 5.74) is 1.04. The Bertz CT molecular complexity index is 910. The Labute approximate surface area is 161 Å². The molecule has 0 unspecified atom stereocenters. The van der Waals surface area contributed by atoms with E-state index in [2.05, 4.69) is 15.9 Å². The summed E-state index contributed by atoms with van der Waals surface area (Å²) < 4.78 is 0.782. The van der Waals surface area contributed by atoms with E-state index < -0.39 is 11.5 Å². The van der Waals surface area contributed by atoms with Gasteiger partial charge in [0.05, 0.1) is 11.6 Å². The maximum Gasteiger partial charge on any atom is 0.264 e. The Kier molecular flexibility index (Phi) is 4.24. The minimum atomic E-state index is -1.81. The largest absolute Gasteiger partial charge is 0.375 e. The summed E-state index contributed by atoms with van der Waals surface area (Å²) in [5.74, 6) is -1.29. The molecular formula is C21H20BrNO3. The van der Waals surface area contributed by atoms with Crippen molar-refractivity contribution >= 4 is 33.3 Å². The number of fused-ring (bicyclic) bond motifs is 2. The van der Waals surface area contributed by atoms with Gasteiger partial charge in [-0.3, -0.25) is 9.59 Å². The van der Waals surface area contributed by atoms with Crippen LogP contribution < -0.4 is 4.90 Å². The van der Waals surface area contributed by atoms with Crippen LogP contribution in [0.1, 0.15) is 41.3 Å². The lowest BCUT2D eigenvalue weighted by Gasteiger charge is -2.34. The van der Waals surface area contributed by atoms with Crippen molar-refractivity contribution in [2.75, 3.05) is 11.4 Å². The summed E-state index contributed by atoms with van der Waals surface area (Å²) >= 11 is 3.43. The van der Waals surface area contributed by atoms with Crippen LogP contribution in [0.5, 0.6) is 0 Å². The molecule has 1 aliphatic heterocycles. The van der Waals surface area contributed by atoms with Gasteiger partial charge in [0.25, 0.3) is 5.91 Å². The van der Waals surface area contributed by atoms with E-state index in [9.17, 15) is 14.7 Å². The molecule has 2 atom stereocenters. The van der Waals surface area contributed by atoms with Crippen LogP contribution in [0.2, 0.25) is 0 Å². The Morgan fingerprint density at radius 2 is 2.00 bits per heavy atom. The van der Waals surface area contributed by atoms with E-state index in [-0.39, 0.29) is 11.7 Å². The molecule has 1 heterocycles. The van der Waals surface area contributed by atoms with Gasteiger partial charge in [0.2, 0.25) is 0 Å². The predicted molar refractivity (Wildman–Crippen MR) is 103 cm³/mol. The number of benzene rings is 2. The van der Waals surface area contributed by atoms with Gasteiger partial charge in [-0.25, -0.2) is 0 Å². The van der Waals surface area contributed by atoms with Gasteiger partial charge in [-0.05, 0) is 43.0 Å². The van der Waals surface area contributed by atoms with Crippen molar-refractivity contribution in [2.24, 2.45) is 5.92 Å². The highest BCUT2D eigenvalue weighted by molar-refractivity contribution is 9.10. The average Bonchev–Trinajstić information content (AvgIpc) is 2.85. The zero-order chi connectivity index (χ0) is 18.5. The number of halogens is 1. The van der Waals surface area contributed by atoms with E-state index in [0.717, 1.165) is 16.5 Å². The molecule has 1 amide bonds. The third-order valence-electron chi connectivity index (χ3n) is 5.48. The van der Waals surface area contributed by atoms with E-state index in [1.807, 2.05) is 37.3 Å². The second kappa shape index (κ2) is 6.32. The minimum Gasteiger partial charge on any atom is -0.375 e. The molecule has 0 saturated heterocycles. The highest BCUT2D eigenvalue weighted by Gasteiger charge is 2.57. The third kappa shape index (κ3) is 2.37. The summed E-state index contributed by atoms with van der Waals surface area (Å²) in [6.45, 7) is 2.51. The summed E-state index contributed by atoms with van der Waals surface area (Å²) in [6, 6.07) is 12.9. The van der Waals surface area contributed by atoms with Gasteiger partial charge in [-0.15, -0.1) is 0 Å². The lowest BCUT2D eigenvalue weighted by atomic mass is 9.71. The van der Waals surface area contributed by atoms with Gasteiger partial charge in [-0.2, -0.15) is 0 Å². The molecule has 26 heavy (non-hydrogen) atoms. The van der Waals surface area contributed by atoms with Crippen molar-refractivity contribution in [3.05, 3.63) is 63.6 Å². The van der Waals surface area contributed by atoms with Crippen molar-refractivity contribution in [1.29, 1.82) is 0 Å². The molecule has 0 aromatic heterocycles. The van der Waals surface area contributed by atoms with Crippen molar-refractivity contribution in [3.8, 4) is 0 Å². The van der Waals surface area contributed by atoms with Gasteiger partial charge in [0, 0.05) is 22.1 Å². The number of carbonyl (C=O) groups excluding carboxylic acids is 2. The Balaban J connectivity index is 1.85. The van der Waals surface area contributed by atoms with Crippen LogP contribution in [-0.4, -0.2) is 23.3 Å². The molecule has 5 heteroatoms. The zero-order valence-corrected chi connectivity index (χ0v) is 16.1. The van der Waals surface area contributed by atoms with Crippen LogP contribution in [-0.2, 0) is 16.8 Å². The van der Waals surface area contributed by atoms with E-state index in [1.165, 1.54) is 0 Å². The van der Waals surface area contributed by atoms with E-state index >= 15 is 0 Å². The second-order valence-electron chi connectivity index (χ2n) is 7.00. The third-order valence-corrected chi connectivity index (χ3v) is 5.98. The van der Waals surface area contributed by atoms with Crippen molar-refractivity contribution < 1.29 is 14.7 Å². The number of hydrogen-bond donors (Lipinski definition) is 1. The molecular weight excluding hydrogens is 394 g/mol. The fraction of sp³-hybridized carbons (Fsp3) is 0.333. The van der Waals surface area contributed by atoms with Gasteiger partial charge < -0.3 is 10.0 Å². The SMILES string of the molecule is CCCN1C(=O)[C@@](O)([C@H]2CCc3ccccc3C2=O)c2cc(Br)ccc21. The molecule has 0 spiro atoms. The number of rotatable bonds is 3. The molecule has 0 saturated carbocycles. The van der Waals surface area contributed by atoms with Crippen LogP contribution in [0, 0.1) is 5.92 Å². The first-order valence-electron chi connectivity index (χ1n) is 8.95. The van der Waals surface area contributed by atoms with Crippen molar-refractivity contribution in [3.63, 3.8) is 0 Å². The Morgan fingerprint density at radius 1 is 1.23 bits per heavy atom. The first kappa shape index (κ1) is 17.4. The fourth-order valence-corrected chi connectivity index (χ4v) is 4.62. The second-order valence-corrected chi connectivity index (χ2v) is 7.91. The molecule has 4 rings (SSSR count). The van der Waals surface area contributed by atoms with Crippen LogP contribution in [0.15, 0.2) is 46.9 Å². The number of ketones is 1. The first-order valence-corrected chi connectivity index (χ1v) is 9.74. The number of amides is 1. The summed E-state index contributed by atoms with van der Waals surface area (Å²) in [6.07, 6.45) is 1.92. The highest BCUT2D eigenvalue weighted by atomic mass is 79.9. The number of aliphatic hydroxyl groups is 1. The minimum absolute atomic E-state index is 0.146. The summed E-state index contributed by atoms with van der Waals surface area (Å²) in [7, 11) is 0. The zero-order valence-electron chi connectivity index (χ0n) is 14.5. The molecule has 134 valence electrons. The molecule has 1 aliphatic carbocycles. The number of carbonyl (C=O) groups is 2. The maximum absolute atomic E-state index is 13.3. The van der Waals surface area contributed by atoms with E-state index in [1.54, 1.807) is 17.0 Å². The van der Waals surface area contributed by atoms with Crippen LogP contribution >= 0.6 is 15.9 Å². The van der Waals surface area contributed by atoms with Gasteiger partial charge in [0.15, 0.2) is 11.4 Å². The van der Waals surface area contributed by atoms with Crippen molar-refractivity contribution in [1.82, 2.24) is 0 Å². The molecule has 0 radical (unpaired) electrons. The Morgan fingerprint density at radius 3 is 2.77 bits per heavy atom. The molecule has 0 bridgehead atoms. The number of hydrogen-bond acceptors (Lipinski definition) is 3. The quantitative estimate of drug-likeness (QED) is 0.831. The summed E-state index contributed by atoms with van der Waals surface area (Å²) in [4.78, 5) is 28.0. The maximum atomic E-state index is 13.3.